The minimum Gasteiger partial charge on any atom is -0.406 e. The number of hydrogen-bond donors (Lipinski definition) is 0. The van der Waals surface area contributed by atoms with Gasteiger partial charge in [0.2, 0.25) is 0 Å². The highest BCUT2D eigenvalue weighted by Gasteiger charge is 2.31. The van der Waals surface area contributed by atoms with E-state index in [0.29, 0.717) is 6.42 Å². The fourth-order valence-corrected chi connectivity index (χ4v) is 1.10. The molecule has 1 nitrogen and oxygen atoms in total. The van der Waals surface area contributed by atoms with Crippen LogP contribution in [0.1, 0.15) is 12.0 Å². The summed E-state index contributed by atoms with van der Waals surface area (Å²) < 4.78 is 52.5. The van der Waals surface area contributed by atoms with Crippen molar-refractivity contribution in [3.05, 3.63) is 29.6 Å². The monoisotopic (exact) mass is 266 g/mol. The van der Waals surface area contributed by atoms with Crippen LogP contribution in [-0.2, 0) is 0 Å². The van der Waals surface area contributed by atoms with Gasteiger partial charge in [-0.1, -0.05) is 11.8 Å². The van der Waals surface area contributed by atoms with Crippen molar-refractivity contribution in [1.82, 2.24) is 0 Å². The predicted molar refractivity (Wildman–Crippen MR) is 55.3 cm³/mol. The van der Waals surface area contributed by atoms with Gasteiger partial charge in [0.05, 0.1) is 5.56 Å². The molecule has 0 atom stereocenters. The van der Waals surface area contributed by atoms with Crippen LogP contribution in [0.2, 0.25) is 0 Å². The van der Waals surface area contributed by atoms with Gasteiger partial charge in [0, 0.05) is 12.3 Å². The molecule has 92 valence electrons. The summed E-state index contributed by atoms with van der Waals surface area (Å²) in [6.07, 6.45) is -4.48. The van der Waals surface area contributed by atoms with Crippen LogP contribution < -0.4 is 4.74 Å². The van der Waals surface area contributed by atoms with Gasteiger partial charge in [0.15, 0.2) is 0 Å². The van der Waals surface area contributed by atoms with E-state index >= 15 is 0 Å². The average molecular weight is 267 g/mol. The highest BCUT2D eigenvalue weighted by atomic mass is 35.5. The summed E-state index contributed by atoms with van der Waals surface area (Å²) in [6.45, 7) is 0. The van der Waals surface area contributed by atoms with Crippen molar-refractivity contribution in [3.63, 3.8) is 0 Å². The Morgan fingerprint density at radius 3 is 2.59 bits per heavy atom. The number of ether oxygens (including phenoxy) is 1. The fourth-order valence-electron chi connectivity index (χ4n) is 1.00. The Bertz CT molecular complexity index is 445. The Balaban J connectivity index is 2.92. The Morgan fingerprint density at radius 2 is 2.00 bits per heavy atom. The molecule has 0 aliphatic carbocycles. The van der Waals surface area contributed by atoms with E-state index in [1.54, 1.807) is 0 Å². The van der Waals surface area contributed by atoms with E-state index in [4.69, 9.17) is 11.6 Å². The van der Waals surface area contributed by atoms with E-state index in [-0.39, 0.29) is 11.4 Å². The molecule has 0 saturated heterocycles. The van der Waals surface area contributed by atoms with E-state index in [9.17, 15) is 17.6 Å². The molecule has 0 fully saturated rings. The summed E-state index contributed by atoms with van der Waals surface area (Å²) >= 11 is 5.36. The lowest BCUT2D eigenvalue weighted by atomic mass is 10.2. The minimum atomic E-state index is -4.81. The number of hydrogen-bond acceptors (Lipinski definition) is 1. The van der Waals surface area contributed by atoms with Crippen molar-refractivity contribution in [2.75, 3.05) is 5.88 Å². The second-order valence-corrected chi connectivity index (χ2v) is 3.31. The zero-order valence-electron chi connectivity index (χ0n) is 8.44. The second kappa shape index (κ2) is 5.78. The maximum atomic E-state index is 13.2. The molecule has 1 aromatic rings. The standard InChI is InChI=1S/C11H7ClF4O/c12-6-2-1-3-8-7-9(4-5-10(8)13)17-11(14,15)16/h4-5,7H,2,6H2. The van der Waals surface area contributed by atoms with Gasteiger partial charge < -0.3 is 4.74 Å². The molecule has 0 unspecified atom stereocenters. The highest BCUT2D eigenvalue weighted by molar-refractivity contribution is 6.18. The van der Waals surface area contributed by atoms with Crippen molar-refractivity contribution in [1.29, 1.82) is 0 Å². The molecule has 0 N–H and O–H groups in total. The second-order valence-electron chi connectivity index (χ2n) is 2.93. The van der Waals surface area contributed by atoms with Gasteiger partial charge in [0.25, 0.3) is 0 Å². The zero-order chi connectivity index (χ0) is 12.9. The first kappa shape index (κ1) is 13.7. The van der Waals surface area contributed by atoms with E-state index in [0.717, 1.165) is 18.2 Å². The molecule has 0 heterocycles. The van der Waals surface area contributed by atoms with E-state index < -0.39 is 17.9 Å². The highest BCUT2D eigenvalue weighted by Crippen LogP contribution is 2.24. The molecule has 6 heteroatoms. The summed E-state index contributed by atoms with van der Waals surface area (Å²) in [6, 6.07) is 2.64. The summed E-state index contributed by atoms with van der Waals surface area (Å²) in [5, 5.41) is 0. The van der Waals surface area contributed by atoms with Crippen LogP contribution in [0.5, 0.6) is 5.75 Å². The average Bonchev–Trinajstić information content (AvgIpc) is 2.21. The molecule has 0 spiro atoms. The van der Waals surface area contributed by atoms with Gasteiger partial charge >= 0.3 is 6.36 Å². The van der Waals surface area contributed by atoms with Gasteiger partial charge in [0.1, 0.15) is 11.6 Å². The van der Waals surface area contributed by atoms with Gasteiger partial charge in [-0.25, -0.2) is 4.39 Å². The van der Waals surface area contributed by atoms with Gasteiger partial charge in [-0.3, -0.25) is 0 Å². The minimum absolute atomic E-state index is 0.156. The molecule has 0 amide bonds. The van der Waals surface area contributed by atoms with E-state index in [2.05, 4.69) is 16.6 Å². The quantitative estimate of drug-likeness (QED) is 0.450. The molecular formula is C11H7ClF4O. The Labute approximate surface area is 100 Å². The lowest BCUT2D eigenvalue weighted by Gasteiger charge is -2.08. The molecule has 0 bridgehead atoms. The van der Waals surface area contributed by atoms with Crippen molar-refractivity contribution in [2.24, 2.45) is 0 Å². The molecule has 0 saturated carbocycles. The molecule has 0 radical (unpaired) electrons. The lowest BCUT2D eigenvalue weighted by molar-refractivity contribution is -0.274. The molecule has 1 rings (SSSR count). The number of rotatable bonds is 2. The lowest BCUT2D eigenvalue weighted by Crippen LogP contribution is -2.17. The smallest absolute Gasteiger partial charge is 0.406 e. The molecule has 1 aromatic carbocycles. The molecule has 17 heavy (non-hydrogen) atoms. The van der Waals surface area contributed by atoms with Crippen molar-refractivity contribution < 1.29 is 22.3 Å². The van der Waals surface area contributed by atoms with Crippen molar-refractivity contribution >= 4 is 11.6 Å². The first-order chi connectivity index (χ1) is 7.92. The maximum absolute atomic E-state index is 13.2. The Hall–Kier alpha value is -1.41. The van der Waals surface area contributed by atoms with Crippen LogP contribution in [-0.4, -0.2) is 12.2 Å². The predicted octanol–water partition coefficient (Wildman–Crippen LogP) is 3.70. The van der Waals surface area contributed by atoms with Crippen LogP contribution in [0.15, 0.2) is 18.2 Å². The first-order valence-electron chi connectivity index (χ1n) is 4.52. The van der Waals surface area contributed by atoms with Crippen LogP contribution in [0, 0.1) is 17.7 Å². The first-order valence-corrected chi connectivity index (χ1v) is 5.06. The topological polar surface area (TPSA) is 9.23 Å². The number of halogens is 5. The van der Waals surface area contributed by atoms with E-state index in [1.165, 1.54) is 0 Å². The summed E-state index contributed by atoms with van der Waals surface area (Å²) in [4.78, 5) is 0. The third kappa shape index (κ3) is 4.96. The normalized spacial score (nSPS) is 10.6. The summed E-state index contributed by atoms with van der Waals surface area (Å²) in [5.74, 6) is 3.97. The van der Waals surface area contributed by atoms with Gasteiger partial charge in [-0.05, 0) is 18.2 Å². The maximum Gasteiger partial charge on any atom is 0.573 e. The molecule has 0 aliphatic heterocycles. The van der Waals surface area contributed by atoms with Crippen molar-refractivity contribution in [3.8, 4) is 17.6 Å². The van der Waals surface area contributed by atoms with Crippen LogP contribution in [0.4, 0.5) is 17.6 Å². The van der Waals surface area contributed by atoms with Crippen molar-refractivity contribution in [2.45, 2.75) is 12.8 Å². The third-order valence-corrected chi connectivity index (χ3v) is 1.80. The number of alkyl halides is 4. The van der Waals surface area contributed by atoms with Crippen LogP contribution in [0.3, 0.4) is 0 Å². The summed E-state index contributed by atoms with van der Waals surface area (Å²) in [7, 11) is 0. The van der Waals surface area contributed by atoms with Crippen LogP contribution >= 0.6 is 11.6 Å². The van der Waals surface area contributed by atoms with Gasteiger partial charge in [-0.2, -0.15) is 0 Å². The SMILES string of the molecule is Fc1ccc(OC(F)(F)F)cc1C#CCCCl. The largest absolute Gasteiger partial charge is 0.573 e. The molecular weight excluding hydrogens is 260 g/mol. The molecule has 0 aromatic heterocycles. The van der Waals surface area contributed by atoms with Crippen LogP contribution in [0.25, 0.3) is 0 Å². The zero-order valence-corrected chi connectivity index (χ0v) is 9.20. The molecule has 0 aliphatic rings. The third-order valence-electron chi connectivity index (χ3n) is 1.61. The van der Waals surface area contributed by atoms with Gasteiger partial charge in [-0.15, -0.1) is 24.8 Å². The summed E-state index contributed by atoms with van der Waals surface area (Å²) in [5.41, 5.74) is -0.156. The fraction of sp³-hybridized carbons (Fsp3) is 0.273. The van der Waals surface area contributed by atoms with E-state index in [1.807, 2.05) is 0 Å². The number of benzene rings is 1. The Morgan fingerprint density at radius 1 is 1.29 bits per heavy atom. The Kier molecular flexibility index (Phi) is 4.64.